The molecule has 1 N–H and O–H groups in total. The average molecular weight is 279 g/mol. The Balaban J connectivity index is 1.68. The molecule has 3 nitrogen and oxygen atoms in total. The quantitative estimate of drug-likeness (QED) is 0.777. The van der Waals surface area contributed by atoms with Crippen LogP contribution in [0.4, 0.5) is 0 Å². The first-order valence-electron chi connectivity index (χ1n) is 8.09. The van der Waals surface area contributed by atoms with E-state index in [4.69, 9.17) is 9.15 Å². The summed E-state index contributed by atoms with van der Waals surface area (Å²) in [5.74, 6) is 2.46. The van der Waals surface area contributed by atoms with Crippen molar-refractivity contribution in [1.82, 2.24) is 5.32 Å². The molecule has 0 amide bonds. The molecule has 3 heteroatoms. The predicted octanol–water partition coefficient (Wildman–Crippen LogP) is 4.12. The van der Waals surface area contributed by atoms with E-state index >= 15 is 0 Å². The van der Waals surface area contributed by atoms with Crippen LogP contribution in [0.3, 0.4) is 0 Å². The number of nitrogens with one attached hydrogen (secondary N) is 1. The standard InChI is InChI=1S/C17H29NO2/c1-14(2)10-18-11-17-16(8-9-20-17)13-19-12-15-6-4-3-5-7-15/h8-9,14-15,18H,3-7,10-13H2,1-2H3. The molecule has 0 radical (unpaired) electrons. The van der Waals surface area contributed by atoms with Crippen LogP contribution in [0, 0.1) is 11.8 Å². The lowest BCUT2D eigenvalue weighted by molar-refractivity contribution is 0.0730. The first-order valence-corrected chi connectivity index (χ1v) is 8.09. The summed E-state index contributed by atoms with van der Waals surface area (Å²) >= 11 is 0. The first kappa shape index (κ1) is 15.6. The van der Waals surface area contributed by atoms with Crippen molar-refractivity contribution < 1.29 is 9.15 Å². The fourth-order valence-corrected chi connectivity index (χ4v) is 2.81. The topological polar surface area (TPSA) is 34.4 Å². The van der Waals surface area contributed by atoms with Crippen molar-refractivity contribution in [2.45, 2.75) is 59.1 Å². The Kier molecular flexibility index (Phi) is 6.61. The second-order valence-electron chi connectivity index (χ2n) is 6.41. The minimum Gasteiger partial charge on any atom is -0.468 e. The van der Waals surface area contributed by atoms with Crippen molar-refractivity contribution >= 4 is 0 Å². The normalized spacial score (nSPS) is 16.9. The summed E-state index contributed by atoms with van der Waals surface area (Å²) in [6, 6.07) is 2.03. The molecule has 0 aromatic carbocycles. The molecule has 0 unspecified atom stereocenters. The van der Waals surface area contributed by atoms with Crippen molar-refractivity contribution in [2.75, 3.05) is 13.2 Å². The van der Waals surface area contributed by atoms with Gasteiger partial charge >= 0.3 is 0 Å². The third-order valence-corrected chi connectivity index (χ3v) is 4.01. The highest BCUT2D eigenvalue weighted by molar-refractivity contribution is 5.15. The lowest BCUT2D eigenvalue weighted by Gasteiger charge is -2.21. The van der Waals surface area contributed by atoms with E-state index < -0.39 is 0 Å². The van der Waals surface area contributed by atoms with Crippen molar-refractivity contribution in [1.29, 1.82) is 0 Å². The number of rotatable bonds is 8. The van der Waals surface area contributed by atoms with Gasteiger partial charge in [-0.15, -0.1) is 0 Å². The van der Waals surface area contributed by atoms with Crippen LogP contribution >= 0.6 is 0 Å². The average Bonchev–Trinajstić information content (AvgIpc) is 2.87. The highest BCUT2D eigenvalue weighted by Gasteiger charge is 2.14. The predicted molar refractivity (Wildman–Crippen MR) is 81.5 cm³/mol. The lowest BCUT2D eigenvalue weighted by atomic mass is 9.90. The molecule has 1 saturated carbocycles. The molecule has 0 bridgehead atoms. The molecule has 1 aromatic heterocycles. The molecule has 1 aliphatic rings. The van der Waals surface area contributed by atoms with Gasteiger partial charge in [0, 0.05) is 12.2 Å². The molecule has 1 fully saturated rings. The van der Waals surface area contributed by atoms with Gasteiger partial charge in [-0.05, 0) is 37.3 Å². The minimum atomic E-state index is 0.663. The van der Waals surface area contributed by atoms with Crippen molar-refractivity contribution in [3.63, 3.8) is 0 Å². The highest BCUT2D eigenvalue weighted by Crippen LogP contribution is 2.24. The summed E-state index contributed by atoms with van der Waals surface area (Å²) in [7, 11) is 0. The Hall–Kier alpha value is -0.800. The van der Waals surface area contributed by atoms with Crippen LogP contribution in [0.25, 0.3) is 0 Å². The van der Waals surface area contributed by atoms with Crippen LogP contribution in [0.5, 0.6) is 0 Å². The zero-order chi connectivity index (χ0) is 14.2. The van der Waals surface area contributed by atoms with Crippen LogP contribution in [-0.4, -0.2) is 13.2 Å². The number of hydrogen-bond acceptors (Lipinski definition) is 3. The van der Waals surface area contributed by atoms with E-state index in [0.29, 0.717) is 12.5 Å². The molecule has 0 atom stereocenters. The Morgan fingerprint density at radius 2 is 2.10 bits per heavy atom. The van der Waals surface area contributed by atoms with Gasteiger partial charge in [0.05, 0.1) is 19.4 Å². The maximum atomic E-state index is 5.90. The van der Waals surface area contributed by atoms with Gasteiger partial charge < -0.3 is 14.5 Å². The van der Waals surface area contributed by atoms with Crippen molar-refractivity contribution in [3.05, 3.63) is 23.7 Å². The Morgan fingerprint density at radius 1 is 1.30 bits per heavy atom. The van der Waals surface area contributed by atoms with Crippen molar-refractivity contribution in [3.8, 4) is 0 Å². The van der Waals surface area contributed by atoms with E-state index in [2.05, 4.69) is 19.2 Å². The molecule has 0 spiro atoms. The molecule has 0 aliphatic heterocycles. The van der Waals surface area contributed by atoms with E-state index in [-0.39, 0.29) is 0 Å². The molecule has 1 aliphatic carbocycles. The molecular weight excluding hydrogens is 250 g/mol. The monoisotopic (exact) mass is 279 g/mol. The maximum absolute atomic E-state index is 5.90. The molecular formula is C17H29NO2. The number of ether oxygens (including phenoxy) is 1. The van der Waals surface area contributed by atoms with E-state index in [1.165, 1.54) is 37.7 Å². The van der Waals surface area contributed by atoms with Gasteiger partial charge in [0.15, 0.2) is 0 Å². The summed E-state index contributed by atoms with van der Waals surface area (Å²) in [6.07, 6.45) is 8.62. The van der Waals surface area contributed by atoms with Crippen LogP contribution in [0.2, 0.25) is 0 Å². The molecule has 0 saturated heterocycles. The Bertz CT molecular complexity index is 367. The molecule has 2 rings (SSSR count). The molecule has 1 aromatic rings. The van der Waals surface area contributed by atoms with Gasteiger partial charge in [-0.25, -0.2) is 0 Å². The SMILES string of the molecule is CC(C)CNCc1occc1COCC1CCCCC1. The van der Waals surface area contributed by atoms with E-state index in [9.17, 15) is 0 Å². The van der Waals surface area contributed by atoms with Crippen LogP contribution in [0.15, 0.2) is 16.7 Å². The fraction of sp³-hybridized carbons (Fsp3) is 0.765. The van der Waals surface area contributed by atoms with Crippen LogP contribution < -0.4 is 5.32 Å². The second-order valence-corrected chi connectivity index (χ2v) is 6.41. The third-order valence-electron chi connectivity index (χ3n) is 4.01. The van der Waals surface area contributed by atoms with Gasteiger partial charge in [-0.2, -0.15) is 0 Å². The van der Waals surface area contributed by atoms with Gasteiger partial charge in [0.1, 0.15) is 5.76 Å². The van der Waals surface area contributed by atoms with E-state index in [0.717, 1.165) is 31.4 Å². The maximum Gasteiger partial charge on any atom is 0.123 e. The number of hydrogen-bond donors (Lipinski definition) is 1. The second kappa shape index (κ2) is 8.48. The fourth-order valence-electron chi connectivity index (χ4n) is 2.81. The number of furan rings is 1. The summed E-state index contributed by atoms with van der Waals surface area (Å²) in [5.41, 5.74) is 1.19. The molecule has 114 valence electrons. The third kappa shape index (κ3) is 5.29. The van der Waals surface area contributed by atoms with E-state index in [1.54, 1.807) is 6.26 Å². The van der Waals surface area contributed by atoms with Gasteiger partial charge in [-0.1, -0.05) is 33.1 Å². The van der Waals surface area contributed by atoms with Gasteiger partial charge in [-0.3, -0.25) is 0 Å². The Morgan fingerprint density at radius 3 is 2.85 bits per heavy atom. The van der Waals surface area contributed by atoms with Crippen molar-refractivity contribution in [2.24, 2.45) is 11.8 Å². The molecule has 1 heterocycles. The summed E-state index contributed by atoms with van der Waals surface area (Å²) in [5, 5.41) is 3.42. The summed E-state index contributed by atoms with van der Waals surface area (Å²) in [4.78, 5) is 0. The van der Waals surface area contributed by atoms with Crippen LogP contribution in [0.1, 0.15) is 57.3 Å². The minimum absolute atomic E-state index is 0.663. The smallest absolute Gasteiger partial charge is 0.123 e. The zero-order valence-electron chi connectivity index (χ0n) is 13.0. The van der Waals surface area contributed by atoms with Gasteiger partial charge in [0.2, 0.25) is 0 Å². The van der Waals surface area contributed by atoms with E-state index in [1.807, 2.05) is 6.07 Å². The first-order chi connectivity index (χ1) is 9.75. The largest absolute Gasteiger partial charge is 0.468 e. The van der Waals surface area contributed by atoms with Crippen LogP contribution in [-0.2, 0) is 17.9 Å². The lowest BCUT2D eigenvalue weighted by Crippen LogP contribution is -2.19. The zero-order valence-corrected chi connectivity index (χ0v) is 13.0. The van der Waals surface area contributed by atoms with Gasteiger partial charge in [0.25, 0.3) is 0 Å². The highest BCUT2D eigenvalue weighted by atomic mass is 16.5. The summed E-state index contributed by atoms with van der Waals surface area (Å²) < 4.78 is 11.4. The Labute approximate surface area is 123 Å². The molecule has 20 heavy (non-hydrogen) atoms. The summed E-state index contributed by atoms with van der Waals surface area (Å²) in [6.45, 7) is 7.83.